The minimum atomic E-state index is -0.163. The van der Waals surface area contributed by atoms with Crippen molar-refractivity contribution in [3.05, 3.63) is 11.9 Å². The van der Waals surface area contributed by atoms with Gasteiger partial charge in [-0.2, -0.15) is 0 Å². The lowest BCUT2D eigenvalue weighted by Gasteiger charge is -2.41. The maximum Gasteiger partial charge on any atom is 0.410 e. The number of carbonyl (C=O) groups is 1. The van der Waals surface area contributed by atoms with Gasteiger partial charge in [0.2, 0.25) is 0 Å². The smallest absolute Gasteiger partial charge is 0.410 e. The number of hydrogen-bond donors (Lipinski definition) is 2. The van der Waals surface area contributed by atoms with Gasteiger partial charge in [0.15, 0.2) is 0 Å². The van der Waals surface area contributed by atoms with E-state index in [4.69, 9.17) is 10.5 Å². The summed E-state index contributed by atoms with van der Waals surface area (Å²) in [4.78, 5) is 15.6. The number of rotatable bonds is 1. The average Bonchev–Trinajstić information content (AvgIpc) is 2.71. The zero-order valence-corrected chi connectivity index (χ0v) is 9.76. The molecule has 3 aliphatic heterocycles. The molecular weight excluding hydrogens is 220 g/mol. The van der Waals surface area contributed by atoms with Gasteiger partial charge >= 0.3 is 6.09 Å². The van der Waals surface area contributed by atoms with Crippen LogP contribution in [0.4, 0.5) is 4.79 Å². The summed E-state index contributed by atoms with van der Waals surface area (Å²) < 4.78 is 5.06. The lowest BCUT2D eigenvalue weighted by atomic mass is 10.0. The molecule has 0 bridgehead atoms. The summed E-state index contributed by atoms with van der Waals surface area (Å²) >= 11 is 0. The fourth-order valence-corrected chi connectivity index (χ4v) is 2.86. The molecule has 2 fully saturated rings. The summed E-state index contributed by atoms with van der Waals surface area (Å²) in [7, 11) is 0. The summed E-state index contributed by atoms with van der Waals surface area (Å²) in [6.07, 6.45) is 2.77. The second-order valence-corrected chi connectivity index (χ2v) is 4.82. The number of nitrogens with one attached hydrogen (secondary N) is 1. The van der Waals surface area contributed by atoms with Crippen molar-refractivity contribution in [3.63, 3.8) is 0 Å². The lowest BCUT2D eigenvalue weighted by Crippen LogP contribution is -2.56. The largest absolute Gasteiger partial charge is 0.447 e. The molecule has 3 N–H and O–H groups in total. The first-order chi connectivity index (χ1) is 8.25. The van der Waals surface area contributed by atoms with Gasteiger partial charge in [0.25, 0.3) is 0 Å². The third kappa shape index (κ3) is 1.82. The number of fused-ring (bicyclic) bond motifs is 1. The van der Waals surface area contributed by atoms with E-state index < -0.39 is 0 Å². The van der Waals surface area contributed by atoms with Crippen LogP contribution in [0.15, 0.2) is 11.9 Å². The molecule has 1 amide bonds. The maximum atomic E-state index is 11.4. The molecule has 0 radical (unpaired) electrons. The minimum absolute atomic E-state index is 0.163. The Morgan fingerprint density at radius 2 is 2.35 bits per heavy atom. The zero-order valence-electron chi connectivity index (χ0n) is 9.76. The van der Waals surface area contributed by atoms with Gasteiger partial charge in [-0.25, -0.2) is 4.79 Å². The Kier molecular flexibility index (Phi) is 2.58. The van der Waals surface area contributed by atoms with E-state index in [2.05, 4.69) is 10.2 Å². The summed E-state index contributed by atoms with van der Waals surface area (Å²) in [6, 6.07) is 0.521. The average molecular weight is 238 g/mol. The van der Waals surface area contributed by atoms with E-state index in [-0.39, 0.29) is 12.1 Å². The van der Waals surface area contributed by atoms with Crippen molar-refractivity contribution in [3.8, 4) is 0 Å². The molecule has 0 aromatic rings. The molecule has 3 heterocycles. The predicted octanol–water partition coefficient (Wildman–Crippen LogP) is -0.715. The topological polar surface area (TPSA) is 70.8 Å². The number of nitrogens with zero attached hydrogens (tertiary/aromatic N) is 2. The molecule has 6 nitrogen and oxygen atoms in total. The molecule has 0 aromatic heterocycles. The highest BCUT2D eigenvalue weighted by Crippen LogP contribution is 2.22. The highest BCUT2D eigenvalue weighted by molar-refractivity contribution is 5.70. The minimum Gasteiger partial charge on any atom is -0.447 e. The van der Waals surface area contributed by atoms with Gasteiger partial charge in [-0.1, -0.05) is 0 Å². The molecule has 2 unspecified atom stereocenters. The quantitative estimate of drug-likeness (QED) is 0.631. The number of amides is 1. The maximum absolute atomic E-state index is 11.4. The number of ether oxygens (including phenoxy) is 1. The highest BCUT2D eigenvalue weighted by Gasteiger charge is 2.39. The highest BCUT2D eigenvalue weighted by atomic mass is 16.6. The van der Waals surface area contributed by atoms with Crippen molar-refractivity contribution in [2.75, 3.05) is 32.8 Å². The van der Waals surface area contributed by atoms with Gasteiger partial charge in [-0.3, -0.25) is 9.80 Å². The number of nitrogens with two attached hydrogens (primary N) is 1. The Labute approximate surface area is 100 Å². The first kappa shape index (κ1) is 10.7. The fraction of sp³-hybridized carbons (Fsp3) is 0.727. The molecular formula is C11H18N4O2. The molecule has 3 rings (SSSR count). The summed E-state index contributed by atoms with van der Waals surface area (Å²) in [6.45, 7) is 3.98. The Balaban J connectivity index is 1.68. The number of carbonyl (C=O) groups excluding carboxylic acids is 1. The normalized spacial score (nSPS) is 33.8. The monoisotopic (exact) mass is 238 g/mol. The van der Waals surface area contributed by atoms with Gasteiger partial charge in [0.1, 0.15) is 6.61 Å². The fourth-order valence-electron chi connectivity index (χ4n) is 2.86. The Bertz CT molecular complexity index is 357. The van der Waals surface area contributed by atoms with E-state index in [1.807, 2.05) is 11.1 Å². The lowest BCUT2D eigenvalue weighted by molar-refractivity contribution is 0.0940. The van der Waals surface area contributed by atoms with Crippen LogP contribution in [0.1, 0.15) is 6.42 Å². The Morgan fingerprint density at radius 1 is 1.47 bits per heavy atom. The number of cyclic esters (lactones) is 1. The van der Waals surface area contributed by atoms with Crippen molar-refractivity contribution in [1.29, 1.82) is 0 Å². The zero-order chi connectivity index (χ0) is 11.8. The third-order valence-corrected chi connectivity index (χ3v) is 3.80. The van der Waals surface area contributed by atoms with E-state index in [1.165, 1.54) is 0 Å². The van der Waals surface area contributed by atoms with E-state index >= 15 is 0 Å². The van der Waals surface area contributed by atoms with Gasteiger partial charge in [0, 0.05) is 38.1 Å². The van der Waals surface area contributed by atoms with Gasteiger partial charge in [-0.15, -0.1) is 0 Å². The molecule has 0 spiro atoms. The van der Waals surface area contributed by atoms with Crippen LogP contribution in [0.2, 0.25) is 0 Å². The standard InChI is InChI=1S/C11H18N4O2/c12-9-5-13-2-1-10(9)14-3-4-15-8(6-14)7-17-11(15)16/h5,8,10,13H,1-4,6-7,12H2. The van der Waals surface area contributed by atoms with Gasteiger partial charge < -0.3 is 15.8 Å². The van der Waals surface area contributed by atoms with E-state index in [0.29, 0.717) is 12.6 Å². The molecule has 6 heteroatoms. The van der Waals surface area contributed by atoms with E-state index in [0.717, 1.165) is 38.3 Å². The number of piperazine rings is 1. The Morgan fingerprint density at radius 3 is 3.18 bits per heavy atom. The summed E-state index contributed by atoms with van der Waals surface area (Å²) in [5.74, 6) is 0. The third-order valence-electron chi connectivity index (χ3n) is 3.80. The van der Waals surface area contributed by atoms with Crippen LogP contribution in [-0.2, 0) is 4.74 Å². The van der Waals surface area contributed by atoms with Crippen LogP contribution in [-0.4, -0.2) is 60.8 Å². The first-order valence-corrected chi connectivity index (χ1v) is 6.12. The van der Waals surface area contributed by atoms with Crippen LogP contribution < -0.4 is 11.1 Å². The van der Waals surface area contributed by atoms with Crippen LogP contribution >= 0.6 is 0 Å². The van der Waals surface area contributed by atoms with Crippen LogP contribution in [0.5, 0.6) is 0 Å². The van der Waals surface area contributed by atoms with E-state index in [1.54, 1.807) is 0 Å². The molecule has 17 heavy (non-hydrogen) atoms. The summed E-state index contributed by atoms with van der Waals surface area (Å²) in [5.41, 5.74) is 6.92. The van der Waals surface area contributed by atoms with Crippen LogP contribution in [0.3, 0.4) is 0 Å². The Hall–Kier alpha value is -1.43. The molecule has 0 saturated carbocycles. The van der Waals surface area contributed by atoms with Crippen molar-refractivity contribution in [1.82, 2.24) is 15.1 Å². The number of hydrogen-bond acceptors (Lipinski definition) is 5. The SMILES string of the molecule is NC1=CNCCC1N1CCN2C(=O)OCC2C1. The summed E-state index contributed by atoms with van der Waals surface area (Å²) in [5, 5.41) is 3.15. The van der Waals surface area contributed by atoms with Crippen molar-refractivity contribution >= 4 is 6.09 Å². The molecule has 2 atom stereocenters. The second-order valence-electron chi connectivity index (χ2n) is 4.82. The van der Waals surface area contributed by atoms with Crippen molar-refractivity contribution < 1.29 is 9.53 Å². The molecule has 0 aliphatic carbocycles. The van der Waals surface area contributed by atoms with Crippen LogP contribution in [0, 0.1) is 0 Å². The van der Waals surface area contributed by atoms with E-state index in [9.17, 15) is 4.79 Å². The second kappa shape index (κ2) is 4.10. The van der Waals surface area contributed by atoms with Crippen molar-refractivity contribution in [2.45, 2.75) is 18.5 Å². The molecule has 3 aliphatic rings. The van der Waals surface area contributed by atoms with Gasteiger partial charge in [-0.05, 0) is 6.42 Å². The van der Waals surface area contributed by atoms with Crippen LogP contribution in [0.25, 0.3) is 0 Å². The molecule has 0 aromatic carbocycles. The predicted molar refractivity (Wildman–Crippen MR) is 62.1 cm³/mol. The van der Waals surface area contributed by atoms with Crippen molar-refractivity contribution in [2.24, 2.45) is 5.73 Å². The van der Waals surface area contributed by atoms with Gasteiger partial charge in [0.05, 0.1) is 12.1 Å². The molecule has 94 valence electrons. The molecule has 2 saturated heterocycles. The first-order valence-electron chi connectivity index (χ1n) is 6.12.